The summed E-state index contributed by atoms with van der Waals surface area (Å²) in [5.74, 6) is 0.396. The summed E-state index contributed by atoms with van der Waals surface area (Å²) in [7, 11) is 0. The lowest BCUT2D eigenvalue weighted by atomic mass is 9.92. The Balaban J connectivity index is 1.75. The minimum Gasteiger partial charge on any atom is -0.444 e. The summed E-state index contributed by atoms with van der Waals surface area (Å²) in [6, 6.07) is 10.4. The number of nitrogens with zero attached hydrogens (tertiary/aromatic N) is 2. The summed E-state index contributed by atoms with van der Waals surface area (Å²) in [5, 5.41) is 9.75. The van der Waals surface area contributed by atoms with Crippen LogP contribution < -0.4 is 0 Å². The van der Waals surface area contributed by atoms with Crippen molar-refractivity contribution in [1.82, 2.24) is 4.90 Å². The molecule has 116 valence electrons. The maximum Gasteiger partial charge on any atom is 0.410 e. The van der Waals surface area contributed by atoms with Crippen LogP contribution in [0.3, 0.4) is 0 Å². The molecule has 3 atom stereocenters. The van der Waals surface area contributed by atoms with Gasteiger partial charge in [-0.15, -0.1) is 0 Å². The molecule has 1 aliphatic heterocycles. The second-order valence-electron chi connectivity index (χ2n) is 7.06. The molecule has 0 bridgehead atoms. The normalized spacial score (nSPS) is 29.7. The Bertz CT molecular complexity index is 647. The van der Waals surface area contributed by atoms with Crippen molar-refractivity contribution in [2.45, 2.75) is 31.8 Å². The minimum atomic E-state index is -0.487. The van der Waals surface area contributed by atoms with E-state index in [1.165, 1.54) is 0 Å². The van der Waals surface area contributed by atoms with Crippen molar-refractivity contribution in [3.63, 3.8) is 0 Å². The molecule has 3 rings (SSSR count). The van der Waals surface area contributed by atoms with Gasteiger partial charge in [-0.25, -0.2) is 4.79 Å². The number of carbonyl (C=O) groups is 1. The molecular formula is C17H19BrN2O2. The molecule has 2 fully saturated rings. The second kappa shape index (κ2) is 4.99. The zero-order chi connectivity index (χ0) is 16.1. The quantitative estimate of drug-likeness (QED) is 0.764. The standard InChI is InChI=1S/C17H19BrN2O2/c1-16(2,3)22-15(21)20-8-12-13(9-20)17(12,10-19)11-6-4-5-7-14(11)18/h4-7,12-13H,8-9H2,1-3H3/t12-,13?,17?/m0/s1. The van der Waals surface area contributed by atoms with E-state index in [0.29, 0.717) is 13.1 Å². The Hall–Kier alpha value is -1.54. The Morgan fingerprint density at radius 2 is 1.95 bits per heavy atom. The molecule has 0 aromatic heterocycles. The fourth-order valence-electron chi connectivity index (χ4n) is 3.53. The van der Waals surface area contributed by atoms with Gasteiger partial charge in [0.05, 0.1) is 11.5 Å². The monoisotopic (exact) mass is 362 g/mol. The van der Waals surface area contributed by atoms with E-state index >= 15 is 0 Å². The van der Waals surface area contributed by atoms with Crippen LogP contribution >= 0.6 is 15.9 Å². The van der Waals surface area contributed by atoms with Gasteiger partial charge in [-0.2, -0.15) is 5.26 Å². The number of fused-ring (bicyclic) bond motifs is 1. The molecule has 1 aliphatic carbocycles. The molecule has 0 spiro atoms. The third-order valence-electron chi connectivity index (χ3n) is 4.54. The fourth-order valence-corrected chi connectivity index (χ4v) is 4.14. The van der Waals surface area contributed by atoms with Gasteiger partial charge in [0.2, 0.25) is 0 Å². The summed E-state index contributed by atoms with van der Waals surface area (Å²) in [4.78, 5) is 13.9. The number of amides is 1. The molecule has 1 aromatic carbocycles. The highest BCUT2D eigenvalue weighted by molar-refractivity contribution is 9.10. The van der Waals surface area contributed by atoms with E-state index < -0.39 is 11.0 Å². The first-order valence-corrected chi connectivity index (χ1v) is 8.23. The van der Waals surface area contributed by atoms with E-state index in [1.54, 1.807) is 4.90 Å². The van der Waals surface area contributed by atoms with Gasteiger partial charge in [-0.1, -0.05) is 34.1 Å². The number of carbonyl (C=O) groups excluding carboxylic acids is 1. The zero-order valence-electron chi connectivity index (χ0n) is 13.0. The van der Waals surface area contributed by atoms with Gasteiger partial charge >= 0.3 is 6.09 Å². The highest BCUT2D eigenvalue weighted by atomic mass is 79.9. The number of benzene rings is 1. The maximum absolute atomic E-state index is 12.1. The van der Waals surface area contributed by atoms with Crippen molar-refractivity contribution in [2.24, 2.45) is 11.8 Å². The van der Waals surface area contributed by atoms with Crippen LogP contribution in [0.1, 0.15) is 26.3 Å². The Morgan fingerprint density at radius 1 is 1.36 bits per heavy atom. The first-order chi connectivity index (χ1) is 10.3. The van der Waals surface area contributed by atoms with Crippen LogP contribution in [-0.2, 0) is 10.2 Å². The third kappa shape index (κ3) is 2.30. The van der Waals surface area contributed by atoms with E-state index in [4.69, 9.17) is 4.74 Å². The molecule has 1 aromatic rings. The first-order valence-electron chi connectivity index (χ1n) is 7.44. The lowest BCUT2D eigenvalue weighted by molar-refractivity contribution is 0.0266. The number of hydrogen-bond acceptors (Lipinski definition) is 3. The topological polar surface area (TPSA) is 53.3 Å². The first kappa shape index (κ1) is 15.4. The minimum absolute atomic E-state index is 0.198. The van der Waals surface area contributed by atoms with E-state index in [2.05, 4.69) is 22.0 Å². The lowest BCUT2D eigenvalue weighted by Gasteiger charge is -2.27. The summed E-state index contributed by atoms with van der Waals surface area (Å²) < 4.78 is 6.38. The molecule has 5 heteroatoms. The number of halogens is 1. The fraction of sp³-hybridized carbons (Fsp3) is 0.529. The van der Waals surface area contributed by atoms with Gasteiger partial charge in [0.1, 0.15) is 5.60 Å². The average Bonchev–Trinajstić information content (AvgIpc) is 2.80. The van der Waals surface area contributed by atoms with Crippen molar-refractivity contribution >= 4 is 22.0 Å². The molecule has 1 amide bonds. The zero-order valence-corrected chi connectivity index (χ0v) is 14.6. The van der Waals surface area contributed by atoms with Gasteiger partial charge in [0.15, 0.2) is 0 Å². The lowest BCUT2D eigenvalue weighted by Crippen LogP contribution is -2.39. The number of nitriles is 1. The highest BCUT2D eigenvalue weighted by Crippen LogP contribution is 2.64. The van der Waals surface area contributed by atoms with Gasteiger partial charge in [-0.3, -0.25) is 0 Å². The van der Waals surface area contributed by atoms with Crippen molar-refractivity contribution in [3.05, 3.63) is 34.3 Å². The largest absolute Gasteiger partial charge is 0.444 e. The summed E-state index contributed by atoms with van der Waals surface area (Å²) in [6.45, 7) is 6.77. The van der Waals surface area contributed by atoms with Crippen LogP contribution in [-0.4, -0.2) is 29.7 Å². The molecule has 22 heavy (non-hydrogen) atoms. The SMILES string of the molecule is CC(C)(C)OC(=O)N1CC2[C@H](C1)C2(C#N)c1ccccc1Br. The molecule has 4 nitrogen and oxygen atoms in total. The summed E-state index contributed by atoms with van der Waals surface area (Å²) >= 11 is 3.55. The van der Waals surface area contributed by atoms with Gasteiger partial charge in [0, 0.05) is 29.4 Å². The van der Waals surface area contributed by atoms with Crippen molar-refractivity contribution < 1.29 is 9.53 Å². The van der Waals surface area contributed by atoms with E-state index in [0.717, 1.165) is 10.0 Å². The number of likely N-dealkylation sites (tertiary alicyclic amines) is 1. The second-order valence-corrected chi connectivity index (χ2v) is 7.91. The predicted octanol–water partition coefficient (Wildman–Crippen LogP) is 3.71. The molecular weight excluding hydrogens is 344 g/mol. The molecule has 0 N–H and O–H groups in total. The van der Waals surface area contributed by atoms with Crippen LogP contribution in [0.25, 0.3) is 0 Å². The summed E-state index contributed by atoms with van der Waals surface area (Å²) in [5.41, 5.74) is 0.0911. The number of ether oxygens (including phenoxy) is 1. The van der Waals surface area contributed by atoms with Crippen LogP contribution in [0.2, 0.25) is 0 Å². The Morgan fingerprint density at radius 3 is 2.45 bits per heavy atom. The molecule has 0 radical (unpaired) electrons. The van der Waals surface area contributed by atoms with Crippen molar-refractivity contribution in [2.75, 3.05) is 13.1 Å². The number of hydrogen-bond donors (Lipinski definition) is 0. The molecule has 1 saturated carbocycles. The number of piperidine rings is 1. The van der Waals surface area contributed by atoms with E-state index in [9.17, 15) is 10.1 Å². The van der Waals surface area contributed by atoms with Crippen LogP contribution in [0.5, 0.6) is 0 Å². The van der Waals surface area contributed by atoms with Crippen LogP contribution in [0, 0.1) is 23.2 Å². The van der Waals surface area contributed by atoms with Gasteiger partial charge in [-0.05, 0) is 32.4 Å². The van der Waals surface area contributed by atoms with E-state index in [-0.39, 0.29) is 17.9 Å². The number of rotatable bonds is 1. The van der Waals surface area contributed by atoms with Crippen molar-refractivity contribution in [3.8, 4) is 6.07 Å². The van der Waals surface area contributed by atoms with Crippen molar-refractivity contribution in [1.29, 1.82) is 5.26 Å². The smallest absolute Gasteiger partial charge is 0.410 e. The van der Waals surface area contributed by atoms with E-state index in [1.807, 2.05) is 45.0 Å². The molecule has 1 saturated heterocycles. The maximum atomic E-state index is 12.1. The predicted molar refractivity (Wildman–Crippen MR) is 86.2 cm³/mol. The molecule has 2 aliphatic rings. The third-order valence-corrected chi connectivity index (χ3v) is 5.23. The average molecular weight is 363 g/mol. The highest BCUT2D eigenvalue weighted by Gasteiger charge is 2.71. The molecule has 2 unspecified atom stereocenters. The van der Waals surface area contributed by atoms with Crippen LogP contribution in [0.15, 0.2) is 28.7 Å². The Labute approximate surface area is 139 Å². The van der Waals surface area contributed by atoms with Gasteiger partial charge in [0.25, 0.3) is 0 Å². The summed E-state index contributed by atoms with van der Waals surface area (Å²) in [6.07, 6.45) is -0.279. The van der Waals surface area contributed by atoms with Crippen LogP contribution in [0.4, 0.5) is 4.79 Å². The Kier molecular flexibility index (Phi) is 3.48. The van der Waals surface area contributed by atoms with Gasteiger partial charge < -0.3 is 9.64 Å². The molecule has 1 heterocycles.